The van der Waals surface area contributed by atoms with Crippen molar-refractivity contribution in [1.82, 2.24) is 15.3 Å². The molecule has 1 fully saturated rings. The number of aromatic amines is 1. The first-order valence-electron chi connectivity index (χ1n) is 12.1. The van der Waals surface area contributed by atoms with Crippen molar-refractivity contribution in [2.24, 2.45) is 0 Å². The Hall–Kier alpha value is -3.98. The van der Waals surface area contributed by atoms with Crippen molar-refractivity contribution in [3.05, 3.63) is 87.3 Å². The molecule has 1 aliphatic heterocycles. The van der Waals surface area contributed by atoms with Gasteiger partial charge in [-0.15, -0.1) is 0 Å². The molecule has 188 valence electrons. The minimum atomic E-state index is -0.282. The van der Waals surface area contributed by atoms with Gasteiger partial charge >= 0.3 is 0 Å². The third-order valence-electron chi connectivity index (χ3n) is 6.11. The standard InChI is InChI=1S/C27H31N5O4/c1-19-21(26(35)31-27(29-19)32-15-17-36-18-16-32)11-12-24(33)30-23-10-6-5-9-22(23)25(34)28-14-13-20-7-3-2-4-8-20/h2-10H,11-18H2,1H3,(H,28,34)(H,30,33)(H,29,31,35). The minimum Gasteiger partial charge on any atom is -0.378 e. The number of anilines is 2. The Kier molecular flexibility index (Phi) is 8.46. The first-order valence-corrected chi connectivity index (χ1v) is 12.1. The van der Waals surface area contributed by atoms with Gasteiger partial charge in [-0.2, -0.15) is 0 Å². The molecule has 9 nitrogen and oxygen atoms in total. The number of carbonyl (C=O) groups excluding carboxylic acids is 2. The Morgan fingerprint density at radius 3 is 2.50 bits per heavy atom. The molecule has 0 bridgehead atoms. The van der Waals surface area contributed by atoms with Gasteiger partial charge in [0.05, 0.1) is 24.5 Å². The molecule has 2 aromatic carbocycles. The predicted molar refractivity (Wildman–Crippen MR) is 138 cm³/mol. The zero-order valence-electron chi connectivity index (χ0n) is 20.4. The van der Waals surface area contributed by atoms with Gasteiger partial charge in [-0.05, 0) is 37.5 Å². The van der Waals surface area contributed by atoms with Crippen molar-refractivity contribution in [2.45, 2.75) is 26.2 Å². The Labute approximate surface area is 209 Å². The van der Waals surface area contributed by atoms with Crippen LogP contribution in [-0.2, 0) is 22.4 Å². The van der Waals surface area contributed by atoms with Crippen molar-refractivity contribution in [2.75, 3.05) is 43.1 Å². The fourth-order valence-corrected chi connectivity index (χ4v) is 4.12. The quantitative estimate of drug-likeness (QED) is 0.425. The summed E-state index contributed by atoms with van der Waals surface area (Å²) in [6, 6.07) is 16.8. The Balaban J connectivity index is 1.34. The number of hydrogen-bond donors (Lipinski definition) is 3. The van der Waals surface area contributed by atoms with Crippen LogP contribution in [0.15, 0.2) is 59.4 Å². The number of nitrogens with zero attached hydrogens (tertiary/aromatic N) is 2. The van der Waals surface area contributed by atoms with E-state index in [9.17, 15) is 14.4 Å². The van der Waals surface area contributed by atoms with Crippen molar-refractivity contribution < 1.29 is 14.3 Å². The van der Waals surface area contributed by atoms with Gasteiger partial charge in [0.15, 0.2) is 0 Å². The number of carbonyl (C=O) groups is 2. The molecule has 2 heterocycles. The third-order valence-corrected chi connectivity index (χ3v) is 6.11. The first-order chi connectivity index (χ1) is 17.5. The van der Waals surface area contributed by atoms with E-state index in [0.29, 0.717) is 67.7 Å². The molecule has 1 aromatic heterocycles. The first kappa shape index (κ1) is 25.1. The number of aryl methyl sites for hydroxylation is 1. The SMILES string of the molecule is Cc1nc(N2CCOCC2)[nH]c(=O)c1CCC(=O)Nc1ccccc1C(=O)NCCc1ccccc1. The largest absolute Gasteiger partial charge is 0.378 e. The van der Waals surface area contributed by atoms with E-state index >= 15 is 0 Å². The minimum absolute atomic E-state index is 0.0897. The summed E-state index contributed by atoms with van der Waals surface area (Å²) in [5.74, 6) is -0.00572. The molecule has 4 rings (SSSR count). The second-order valence-electron chi connectivity index (χ2n) is 8.64. The zero-order valence-corrected chi connectivity index (χ0v) is 20.4. The summed E-state index contributed by atoms with van der Waals surface area (Å²) in [5.41, 5.74) is 2.81. The van der Waals surface area contributed by atoms with Crippen LogP contribution in [0.2, 0.25) is 0 Å². The molecule has 0 saturated carbocycles. The number of nitrogens with one attached hydrogen (secondary N) is 3. The maximum Gasteiger partial charge on any atom is 0.255 e. The number of hydrogen-bond acceptors (Lipinski definition) is 6. The lowest BCUT2D eigenvalue weighted by molar-refractivity contribution is -0.116. The second kappa shape index (κ2) is 12.1. The Bertz CT molecular complexity index is 1250. The average Bonchev–Trinajstić information content (AvgIpc) is 2.89. The number of amides is 2. The van der Waals surface area contributed by atoms with Crippen LogP contribution >= 0.6 is 0 Å². The molecule has 1 aliphatic rings. The molecule has 9 heteroatoms. The summed E-state index contributed by atoms with van der Waals surface area (Å²) in [4.78, 5) is 47.5. The Morgan fingerprint density at radius 2 is 1.75 bits per heavy atom. The van der Waals surface area contributed by atoms with Gasteiger partial charge in [-0.25, -0.2) is 4.98 Å². The normalized spacial score (nSPS) is 13.3. The van der Waals surface area contributed by atoms with E-state index in [1.807, 2.05) is 35.2 Å². The average molecular weight is 490 g/mol. The molecular weight excluding hydrogens is 458 g/mol. The monoisotopic (exact) mass is 489 g/mol. The summed E-state index contributed by atoms with van der Waals surface area (Å²) in [6.07, 6.45) is 1.05. The van der Waals surface area contributed by atoms with Crippen LogP contribution in [0.4, 0.5) is 11.6 Å². The van der Waals surface area contributed by atoms with E-state index in [2.05, 4.69) is 20.6 Å². The van der Waals surface area contributed by atoms with Gasteiger partial charge in [0.2, 0.25) is 11.9 Å². The molecule has 0 atom stereocenters. The highest BCUT2D eigenvalue weighted by molar-refractivity contribution is 6.03. The van der Waals surface area contributed by atoms with E-state index in [4.69, 9.17) is 4.74 Å². The highest BCUT2D eigenvalue weighted by atomic mass is 16.5. The number of morpholine rings is 1. The predicted octanol–water partition coefficient (Wildman–Crippen LogP) is 2.46. The van der Waals surface area contributed by atoms with Crippen LogP contribution < -0.4 is 21.1 Å². The number of aromatic nitrogens is 2. The van der Waals surface area contributed by atoms with E-state index < -0.39 is 0 Å². The lowest BCUT2D eigenvalue weighted by Crippen LogP contribution is -2.38. The molecule has 0 aliphatic carbocycles. The van der Waals surface area contributed by atoms with Crippen molar-refractivity contribution in [3.63, 3.8) is 0 Å². The van der Waals surface area contributed by atoms with E-state index in [-0.39, 0.29) is 30.2 Å². The zero-order chi connectivity index (χ0) is 25.3. The van der Waals surface area contributed by atoms with Gasteiger partial charge in [0.25, 0.3) is 11.5 Å². The van der Waals surface area contributed by atoms with Crippen LogP contribution in [0.3, 0.4) is 0 Å². The molecule has 0 spiro atoms. The van der Waals surface area contributed by atoms with E-state index in [1.165, 1.54) is 0 Å². The van der Waals surface area contributed by atoms with Gasteiger partial charge in [-0.3, -0.25) is 19.4 Å². The topological polar surface area (TPSA) is 116 Å². The number of rotatable bonds is 9. The number of para-hydroxylation sites is 1. The molecule has 1 saturated heterocycles. The summed E-state index contributed by atoms with van der Waals surface area (Å²) in [7, 11) is 0. The van der Waals surface area contributed by atoms with Crippen molar-refractivity contribution in [3.8, 4) is 0 Å². The van der Waals surface area contributed by atoms with Gasteiger partial charge in [0, 0.05) is 37.3 Å². The maximum atomic E-state index is 12.7. The van der Waals surface area contributed by atoms with Crippen LogP contribution in [0, 0.1) is 6.92 Å². The van der Waals surface area contributed by atoms with Gasteiger partial charge in [0.1, 0.15) is 0 Å². The number of ether oxygens (including phenoxy) is 1. The summed E-state index contributed by atoms with van der Waals surface area (Å²) in [5, 5.41) is 5.73. The molecule has 36 heavy (non-hydrogen) atoms. The van der Waals surface area contributed by atoms with Gasteiger partial charge < -0.3 is 20.3 Å². The highest BCUT2D eigenvalue weighted by Gasteiger charge is 2.18. The molecular formula is C27H31N5O4. The van der Waals surface area contributed by atoms with Crippen LogP contribution in [0.25, 0.3) is 0 Å². The molecule has 0 unspecified atom stereocenters. The number of H-pyrrole nitrogens is 1. The van der Waals surface area contributed by atoms with E-state index in [0.717, 1.165) is 5.56 Å². The second-order valence-corrected chi connectivity index (χ2v) is 8.64. The maximum absolute atomic E-state index is 12.7. The van der Waals surface area contributed by atoms with Crippen molar-refractivity contribution in [1.29, 1.82) is 0 Å². The Morgan fingerprint density at radius 1 is 1.03 bits per heavy atom. The molecule has 3 N–H and O–H groups in total. The summed E-state index contributed by atoms with van der Waals surface area (Å²) in [6.45, 7) is 4.79. The molecule has 0 radical (unpaired) electrons. The molecule has 2 amide bonds. The molecule has 3 aromatic rings. The smallest absolute Gasteiger partial charge is 0.255 e. The fraction of sp³-hybridized carbons (Fsp3) is 0.333. The van der Waals surface area contributed by atoms with Crippen molar-refractivity contribution >= 4 is 23.5 Å². The fourth-order valence-electron chi connectivity index (χ4n) is 4.12. The lowest BCUT2D eigenvalue weighted by Gasteiger charge is -2.27. The van der Waals surface area contributed by atoms with Gasteiger partial charge in [-0.1, -0.05) is 42.5 Å². The summed E-state index contributed by atoms with van der Waals surface area (Å²) < 4.78 is 5.35. The van der Waals surface area contributed by atoms with Crippen LogP contribution in [-0.4, -0.2) is 54.6 Å². The van der Waals surface area contributed by atoms with E-state index in [1.54, 1.807) is 31.2 Å². The number of benzene rings is 2. The third kappa shape index (κ3) is 6.57. The summed E-state index contributed by atoms with van der Waals surface area (Å²) >= 11 is 0. The van der Waals surface area contributed by atoms with Crippen LogP contribution in [0.1, 0.15) is 33.6 Å². The lowest BCUT2D eigenvalue weighted by atomic mass is 10.1. The highest BCUT2D eigenvalue weighted by Crippen LogP contribution is 2.16. The van der Waals surface area contributed by atoms with Crippen LogP contribution in [0.5, 0.6) is 0 Å².